The zero-order chi connectivity index (χ0) is 23.7. The molecule has 0 bridgehead atoms. The normalized spacial score (nSPS) is 15.4. The largest absolute Gasteiger partial charge is 0.507 e. The maximum Gasteiger partial charge on any atom is 0.273 e. The van der Waals surface area contributed by atoms with Gasteiger partial charge in [0.2, 0.25) is 0 Å². The molecule has 3 N–H and O–H groups in total. The van der Waals surface area contributed by atoms with Crippen LogP contribution < -0.4 is 5.56 Å². The number of benzene rings is 2. The quantitative estimate of drug-likeness (QED) is 0.369. The molecular weight excluding hydrogens is 424 g/mol. The third-order valence-electron chi connectivity index (χ3n) is 6.92. The standard InChI is InChI=1S/C28H32N4O2/c1-18-12-22(13-19(2)27(18)33)25-16-23(28(34)31-30-25)26-15-21-9-8-20(14-24(21)29-26)17-32-10-6-4-3-5-7-11-32/h8-9,12-16,29,33H,3-7,10-11,17H2,1-2H3,(H,31,34). The SMILES string of the molecule is Cc1cc(-c2cc(-c3cc4ccc(CN5CCCCCCC5)cc4[nH]3)c(=O)[nH]n2)cc(C)c1O. The summed E-state index contributed by atoms with van der Waals surface area (Å²) in [5.74, 6) is 0.288. The molecule has 5 rings (SSSR count). The van der Waals surface area contributed by atoms with Crippen LogP contribution in [0.25, 0.3) is 33.4 Å². The van der Waals surface area contributed by atoms with Crippen LogP contribution in [0.5, 0.6) is 5.75 Å². The van der Waals surface area contributed by atoms with Crippen LogP contribution in [0.2, 0.25) is 0 Å². The van der Waals surface area contributed by atoms with Crippen molar-refractivity contribution in [1.29, 1.82) is 0 Å². The van der Waals surface area contributed by atoms with Crippen molar-refractivity contribution in [3.8, 4) is 28.3 Å². The molecule has 34 heavy (non-hydrogen) atoms. The molecule has 0 amide bonds. The number of phenolic OH excluding ortho intramolecular Hbond substituents is 1. The molecule has 2 aromatic heterocycles. The smallest absolute Gasteiger partial charge is 0.273 e. The maximum absolute atomic E-state index is 12.7. The first-order valence-electron chi connectivity index (χ1n) is 12.2. The maximum atomic E-state index is 12.7. The molecule has 176 valence electrons. The molecule has 4 aromatic rings. The van der Waals surface area contributed by atoms with Gasteiger partial charge in [0.15, 0.2) is 0 Å². The van der Waals surface area contributed by atoms with Gasteiger partial charge in [0.1, 0.15) is 5.75 Å². The van der Waals surface area contributed by atoms with Gasteiger partial charge in [-0.2, -0.15) is 5.10 Å². The Morgan fingerprint density at radius 2 is 1.65 bits per heavy atom. The van der Waals surface area contributed by atoms with Crippen LogP contribution in [-0.2, 0) is 6.54 Å². The summed E-state index contributed by atoms with van der Waals surface area (Å²) >= 11 is 0. The number of fused-ring (bicyclic) bond motifs is 1. The van der Waals surface area contributed by atoms with E-state index in [1.165, 1.54) is 50.8 Å². The van der Waals surface area contributed by atoms with E-state index >= 15 is 0 Å². The van der Waals surface area contributed by atoms with Gasteiger partial charge in [-0.15, -0.1) is 0 Å². The lowest BCUT2D eigenvalue weighted by atomic mass is 10.0. The van der Waals surface area contributed by atoms with Crippen LogP contribution in [0.3, 0.4) is 0 Å². The number of hydrogen-bond acceptors (Lipinski definition) is 4. The van der Waals surface area contributed by atoms with E-state index in [1.54, 1.807) is 0 Å². The Balaban J connectivity index is 1.45. The summed E-state index contributed by atoms with van der Waals surface area (Å²) in [5.41, 5.74) is 6.50. The summed E-state index contributed by atoms with van der Waals surface area (Å²) in [6.07, 6.45) is 6.60. The lowest BCUT2D eigenvalue weighted by Gasteiger charge is -2.24. The molecule has 3 heterocycles. The van der Waals surface area contributed by atoms with Crippen LogP contribution in [0.1, 0.15) is 48.8 Å². The molecule has 6 heteroatoms. The van der Waals surface area contributed by atoms with Crippen molar-refractivity contribution in [2.45, 2.75) is 52.5 Å². The molecule has 1 aliphatic rings. The summed E-state index contributed by atoms with van der Waals surface area (Å²) in [5, 5.41) is 18.1. The molecule has 0 atom stereocenters. The number of nitrogens with one attached hydrogen (secondary N) is 2. The van der Waals surface area contributed by atoms with Crippen LogP contribution in [-0.4, -0.2) is 38.3 Å². The number of hydrogen-bond donors (Lipinski definition) is 3. The van der Waals surface area contributed by atoms with Gasteiger partial charge in [-0.1, -0.05) is 31.4 Å². The number of aromatic nitrogens is 3. The Morgan fingerprint density at radius 3 is 2.38 bits per heavy atom. The topological polar surface area (TPSA) is 85.0 Å². The highest BCUT2D eigenvalue weighted by Crippen LogP contribution is 2.30. The monoisotopic (exact) mass is 456 g/mol. The predicted molar refractivity (Wildman–Crippen MR) is 137 cm³/mol. The number of rotatable bonds is 4. The van der Waals surface area contributed by atoms with E-state index in [0.717, 1.165) is 39.8 Å². The van der Waals surface area contributed by atoms with E-state index in [2.05, 4.69) is 38.3 Å². The number of likely N-dealkylation sites (tertiary alicyclic amines) is 1. The van der Waals surface area contributed by atoms with Gasteiger partial charge in [-0.05, 0) is 86.8 Å². The fraction of sp³-hybridized carbons (Fsp3) is 0.357. The van der Waals surface area contributed by atoms with Crippen LogP contribution in [0.15, 0.2) is 47.3 Å². The summed E-state index contributed by atoms with van der Waals surface area (Å²) in [6, 6.07) is 14.2. The fourth-order valence-corrected chi connectivity index (χ4v) is 5.00. The zero-order valence-electron chi connectivity index (χ0n) is 19.9. The van der Waals surface area contributed by atoms with E-state index in [0.29, 0.717) is 11.3 Å². The minimum Gasteiger partial charge on any atom is -0.507 e. The van der Waals surface area contributed by atoms with Gasteiger partial charge >= 0.3 is 0 Å². The Morgan fingerprint density at radius 1 is 0.941 bits per heavy atom. The van der Waals surface area contributed by atoms with Crippen molar-refractivity contribution in [3.05, 3.63) is 69.5 Å². The first-order valence-corrected chi connectivity index (χ1v) is 12.2. The lowest BCUT2D eigenvalue weighted by Crippen LogP contribution is -2.26. The van der Waals surface area contributed by atoms with Crippen molar-refractivity contribution in [3.63, 3.8) is 0 Å². The second kappa shape index (κ2) is 9.47. The van der Waals surface area contributed by atoms with E-state index in [9.17, 15) is 9.90 Å². The Hall–Kier alpha value is -3.38. The molecule has 1 saturated heterocycles. The van der Waals surface area contributed by atoms with E-state index in [4.69, 9.17) is 0 Å². The summed E-state index contributed by atoms with van der Waals surface area (Å²) < 4.78 is 0. The van der Waals surface area contributed by atoms with Crippen LogP contribution in [0.4, 0.5) is 0 Å². The molecule has 1 fully saturated rings. The van der Waals surface area contributed by atoms with Crippen LogP contribution in [0, 0.1) is 13.8 Å². The summed E-state index contributed by atoms with van der Waals surface area (Å²) in [4.78, 5) is 18.7. The second-order valence-electron chi connectivity index (χ2n) is 9.60. The minimum atomic E-state index is -0.233. The lowest BCUT2D eigenvalue weighted by molar-refractivity contribution is 0.240. The molecule has 0 radical (unpaired) electrons. The molecule has 0 saturated carbocycles. The molecule has 2 aromatic carbocycles. The van der Waals surface area contributed by atoms with Crippen molar-refractivity contribution >= 4 is 10.9 Å². The average molecular weight is 457 g/mol. The Kier molecular flexibility index (Phi) is 6.24. The van der Waals surface area contributed by atoms with E-state index in [1.807, 2.05) is 38.1 Å². The van der Waals surface area contributed by atoms with E-state index in [-0.39, 0.29) is 11.3 Å². The third kappa shape index (κ3) is 4.64. The van der Waals surface area contributed by atoms with Crippen molar-refractivity contribution in [2.24, 2.45) is 0 Å². The second-order valence-corrected chi connectivity index (χ2v) is 9.60. The van der Waals surface area contributed by atoms with Gasteiger partial charge < -0.3 is 10.1 Å². The zero-order valence-corrected chi connectivity index (χ0v) is 19.9. The first-order chi connectivity index (χ1) is 16.5. The van der Waals surface area contributed by atoms with E-state index < -0.39 is 0 Å². The number of aromatic hydroxyl groups is 1. The average Bonchev–Trinajstić information content (AvgIpc) is 3.22. The van der Waals surface area contributed by atoms with Gasteiger partial charge in [0, 0.05) is 23.0 Å². The molecule has 1 aliphatic heterocycles. The predicted octanol–water partition coefficient (Wildman–Crippen LogP) is 5.67. The molecular formula is C28H32N4O2. The number of nitrogens with zero attached hydrogens (tertiary/aromatic N) is 2. The van der Waals surface area contributed by atoms with Crippen molar-refractivity contribution < 1.29 is 5.11 Å². The van der Waals surface area contributed by atoms with Crippen LogP contribution >= 0.6 is 0 Å². The Bertz CT molecular complexity index is 1350. The number of aryl methyl sites for hydroxylation is 2. The highest BCUT2D eigenvalue weighted by atomic mass is 16.3. The number of aromatic amines is 2. The van der Waals surface area contributed by atoms with Gasteiger partial charge in [-0.25, -0.2) is 5.10 Å². The molecule has 0 unspecified atom stereocenters. The number of phenols is 1. The Labute approximate surface area is 199 Å². The third-order valence-corrected chi connectivity index (χ3v) is 6.92. The molecule has 0 spiro atoms. The summed E-state index contributed by atoms with van der Waals surface area (Å²) in [7, 11) is 0. The highest BCUT2D eigenvalue weighted by Gasteiger charge is 2.14. The fourth-order valence-electron chi connectivity index (χ4n) is 5.00. The first kappa shape index (κ1) is 22.4. The number of H-pyrrole nitrogens is 2. The van der Waals surface area contributed by atoms with Crippen molar-refractivity contribution in [2.75, 3.05) is 13.1 Å². The molecule has 0 aliphatic carbocycles. The highest BCUT2D eigenvalue weighted by molar-refractivity contribution is 5.86. The van der Waals surface area contributed by atoms with Gasteiger partial charge in [0.05, 0.1) is 17.0 Å². The molecule has 6 nitrogen and oxygen atoms in total. The minimum absolute atomic E-state index is 0.233. The van der Waals surface area contributed by atoms with Gasteiger partial charge in [0.25, 0.3) is 5.56 Å². The van der Waals surface area contributed by atoms with Crippen molar-refractivity contribution in [1.82, 2.24) is 20.1 Å². The van der Waals surface area contributed by atoms with Gasteiger partial charge in [-0.3, -0.25) is 9.69 Å². The summed E-state index contributed by atoms with van der Waals surface area (Å²) in [6.45, 7) is 7.02.